The Morgan fingerprint density at radius 3 is 2.64 bits per heavy atom. The summed E-state index contributed by atoms with van der Waals surface area (Å²) >= 11 is 11.7. The normalized spacial score (nSPS) is 11.8. The molecule has 8 heteroatoms. The molecule has 0 aromatic heterocycles. The van der Waals surface area contributed by atoms with Crippen molar-refractivity contribution in [2.45, 2.75) is 31.9 Å². The smallest absolute Gasteiger partial charge is 0.408 e. The van der Waals surface area contributed by atoms with Gasteiger partial charge in [0.2, 0.25) is 0 Å². The zero-order valence-electron chi connectivity index (χ0n) is 11.9. The number of halogens is 2. The monoisotopic (exact) mass is 348 g/mol. The maximum Gasteiger partial charge on any atom is 0.408 e. The summed E-state index contributed by atoms with van der Waals surface area (Å²) < 4.78 is 4.97. The first-order valence-electron chi connectivity index (χ1n) is 6.74. The molecular formula is C14H18Cl2N2O4. The van der Waals surface area contributed by atoms with Crippen LogP contribution in [0.15, 0.2) is 18.2 Å². The van der Waals surface area contributed by atoms with Crippen molar-refractivity contribution in [3.05, 3.63) is 33.8 Å². The summed E-state index contributed by atoms with van der Waals surface area (Å²) in [5, 5.41) is 12.2. The molecule has 122 valence electrons. The Bertz CT molecular complexity index is 526. The quantitative estimate of drug-likeness (QED) is 0.627. The molecule has 0 radical (unpaired) electrons. The molecule has 0 saturated carbocycles. The average Bonchev–Trinajstić information content (AvgIpc) is 2.45. The molecule has 22 heavy (non-hydrogen) atoms. The molecule has 0 bridgehead atoms. The Hall–Kier alpha value is -1.50. The first-order valence-corrected chi connectivity index (χ1v) is 7.49. The Labute approximate surface area is 138 Å². The van der Waals surface area contributed by atoms with Gasteiger partial charge in [0.05, 0.1) is 0 Å². The van der Waals surface area contributed by atoms with Gasteiger partial charge in [0, 0.05) is 15.6 Å². The Morgan fingerprint density at radius 2 is 2.05 bits per heavy atom. The minimum absolute atomic E-state index is 0.0724. The van der Waals surface area contributed by atoms with E-state index in [1.165, 1.54) is 6.07 Å². The number of carbonyl (C=O) groups excluding carboxylic acids is 1. The highest BCUT2D eigenvalue weighted by Gasteiger charge is 2.20. The van der Waals surface area contributed by atoms with Gasteiger partial charge in [0.1, 0.15) is 12.6 Å². The number of carboxylic acid groups (broad SMARTS) is 1. The fraction of sp³-hybridized carbons (Fsp3) is 0.429. The maximum absolute atomic E-state index is 11.7. The summed E-state index contributed by atoms with van der Waals surface area (Å²) in [6.45, 7) is 0.406. The molecule has 0 aliphatic heterocycles. The second kappa shape index (κ2) is 9.50. The Balaban J connectivity index is 2.47. The number of unbranched alkanes of at least 4 members (excludes halogenated alkanes) is 1. The number of aliphatic carboxylic acids is 1. The van der Waals surface area contributed by atoms with E-state index in [0.717, 1.165) is 0 Å². The summed E-state index contributed by atoms with van der Waals surface area (Å²) in [6.07, 6.45) is 0.784. The van der Waals surface area contributed by atoms with Crippen LogP contribution in [0.3, 0.4) is 0 Å². The second-order valence-electron chi connectivity index (χ2n) is 4.63. The molecule has 1 atom stereocenters. The van der Waals surface area contributed by atoms with Crippen molar-refractivity contribution in [3.63, 3.8) is 0 Å². The molecule has 1 aromatic carbocycles. The maximum atomic E-state index is 11.7. The molecule has 1 amide bonds. The van der Waals surface area contributed by atoms with E-state index in [0.29, 0.717) is 41.4 Å². The van der Waals surface area contributed by atoms with Crippen LogP contribution in [-0.2, 0) is 16.1 Å². The van der Waals surface area contributed by atoms with Crippen LogP contribution in [0.4, 0.5) is 4.79 Å². The number of rotatable bonds is 8. The minimum atomic E-state index is -1.11. The van der Waals surface area contributed by atoms with Crippen LogP contribution >= 0.6 is 23.2 Å². The Kier molecular flexibility index (Phi) is 8.01. The van der Waals surface area contributed by atoms with E-state index in [4.69, 9.17) is 38.8 Å². The lowest BCUT2D eigenvalue weighted by Crippen LogP contribution is -2.41. The lowest BCUT2D eigenvalue weighted by Gasteiger charge is -2.14. The summed E-state index contributed by atoms with van der Waals surface area (Å²) in [5.41, 5.74) is 5.93. The third-order valence-electron chi connectivity index (χ3n) is 2.91. The van der Waals surface area contributed by atoms with E-state index in [1.54, 1.807) is 12.1 Å². The van der Waals surface area contributed by atoms with Crippen LogP contribution in [0.25, 0.3) is 0 Å². The van der Waals surface area contributed by atoms with Crippen molar-refractivity contribution in [1.82, 2.24) is 5.32 Å². The molecular weight excluding hydrogens is 331 g/mol. The molecule has 1 rings (SSSR count). The van der Waals surface area contributed by atoms with Gasteiger partial charge in [-0.2, -0.15) is 0 Å². The number of alkyl carbamates (subject to hydrolysis) is 1. The zero-order chi connectivity index (χ0) is 16.5. The van der Waals surface area contributed by atoms with Crippen molar-refractivity contribution in [3.8, 4) is 0 Å². The van der Waals surface area contributed by atoms with Crippen molar-refractivity contribution < 1.29 is 19.4 Å². The zero-order valence-corrected chi connectivity index (χ0v) is 13.4. The molecule has 1 aromatic rings. The van der Waals surface area contributed by atoms with E-state index in [1.807, 2.05) is 0 Å². The first-order chi connectivity index (χ1) is 10.4. The summed E-state index contributed by atoms with van der Waals surface area (Å²) in [6, 6.07) is 3.79. The van der Waals surface area contributed by atoms with Crippen molar-refractivity contribution >= 4 is 35.3 Å². The van der Waals surface area contributed by atoms with Crippen LogP contribution in [0.2, 0.25) is 10.0 Å². The van der Waals surface area contributed by atoms with Crippen LogP contribution in [-0.4, -0.2) is 29.8 Å². The number of nitrogens with two attached hydrogens (primary N) is 1. The van der Waals surface area contributed by atoms with Gasteiger partial charge >= 0.3 is 12.1 Å². The number of ether oxygens (including phenoxy) is 1. The molecule has 6 nitrogen and oxygen atoms in total. The fourth-order valence-electron chi connectivity index (χ4n) is 1.72. The molecule has 0 fully saturated rings. The number of hydrogen-bond donors (Lipinski definition) is 3. The minimum Gasteiger partial charge on any atom is -0.480 e. The van der Waals surface area contributed by atoms with Crippen LogP contribution in [0, 0.1) is 0 Å². The number of amides is 1. The van der Waals surface area contributed by atoms with Crippen LogP contribution in [0.5, 0.6) is 0 Å². The third-order valence-corrected chi connectivity index (χ3v) is 3.50. The number of benzene rings is 1. The predicted molar refractivity (Wildman–Crippen MR) is 84.1 cm³/mol. The van der Waals surface area contributed by atoms with E-state index < -0.39 is 18.1 Å². The van der Waals surface area contributed by atoms with Gasteiger partial charge < -0.3 is 20.9 Å². The summed E-state index contributed by atoms with van der Waals surface area (Å²) in [5.74, 6) is -1.11. The highest BCUT2D eigenvalue weighted by Crippen LogP contribution is 2.21. The number of nitrogens with one attached hydrogen (secondary N) is 1. The predicted octanol–water partition coefficient (Wildman–Crippen LogP) is 2.80. The van der Waals surface area contributed by atoms with Gasteiger partial charge in [-0.1, -0.05) is 29.3 Å². The highest BCUT2D eigenvalue weighted by molar-refractivity contribution is 6.35. The number of hydrogen-bond acceptors (Lipinski definition) is 4. The topological polar surface area (TPSA) is 102 Å². The fourth-order valence-corrected chi connectivity index (χ4v) is 2.18. The average molecular weight is 349 g/mol. The molecule has 0 aliphatic carbocycles. The number of carboxylic acids is 1. The summed E-state index contributed by atoms with van der Waals surface area (Å²) in [7, 11) is 0. The van der Waals surface area contributed by atoms with Crippen molar-refractivity contribution in [2.75, 3.05) is 6.54 Å². The standard InChI is InChI=1S/C14H18Cl2N2O4/c15-10-5-4-9(11(16)7-10)8-22-14(21)18-12(13(19)20)3-1-2-6-17/h4-5,7,12H,1-3,6,8,17H2,(H,18,21)(H,19,20)/t12-/m1/s1. The van der Waals surface area contributed by atoms with Crippen LogP contribution in [0.1, 0.15) is 24.8 Å². The van der Waals surface area contributed by atoms with Gasteiger partial charge in [0.25, 0.3) is 0 Å². The van der Waals surface area contributed by atoms with Gasteiger partial charge in [-0.3, -0.25) is 0 Å². The van der Waals surface area contributed by atoms with Crippen LogP contribution < -0.4 is 11.1 Å². The first kappa shape index (κ1) is 18.5. The molecule has 0 heterocycles. The van der Waals surface area contributed by atoms with E-state index in [2.05, 4.69) is 5.32 Å². The van der Waals surface area contributed by atoms with E-state index >= 15 is 0 Å². The van der Waals surface area contributed by atoms with Gasteiger partial charge in [-0.25, -0.2) is 9.59 Å². The van der Waals surface area contributed by atoms with E-state index in [-0.39, 0.29) is 6.61 Å². The second-order valence-corrected chi connectivity index (χ2v) is 5.48. The largest absolute Gasteiger partial charge is 0.480 e. The highest BCUT2D eigenvalue weighted by atomic mass is 35.5. The van der Waals surface area contributed by atoms with Gasteiger partial charge in [0.15, 0.2) is 0 Å². The van der Waals surface area contributed by atoms with Gasteiger partial charge in [-0.15, -0.1) is 0 Å². The third kappa shape index (κ3) is 6.51. The van der Waals surface area contributed by atoms with E-state index in [9.17, 15) is 9.59 Å². The number of carbonyl (C=O) groups is 2. The van der Waals surface area contributed by atoms with Crippen molar-refractivity contribution in [1.29, 1.82) is 0 Å². The summed E-state index contributed by atoms with van der Waals surface area (Å²) in [4.78, 5) is 22.7. The molecule has 0 saturated heterocycles. The van der Waals surface area contributed by atoms with Gasteiger partial charge in [-0.05, 0) is 37.9 Å². The molecule has 0 aliphatic rings. The molecule has 0 unspecified atom stereocenters. The van der Waals surface area contributed by atoms with Crippen molar-refractivity contribution in [2.24, 2.45) is 5.73 Å². The SMILES string of the molecule is NCCCC[C@@H](NC(=O)OCc1ccc(Cl)cc1Cl)C(=O)O. The molecule has 4 N–H and O–H groups in total. The lowest BCUT2D eigenvalue weighted by atomic mass is 10.1. The Morgan fingerprint density at radius 1 is 1.32 bits per heavy atom. The molecule has 0 spiro atoms. The lowest BCUT2D eigenvalue weighted by molar-refractivity contribution is -0.139.